The second-order valence-corrected chi connectivity index (χ2v) is 9.04. The van der Waals surface area contributed by atoms with Crippen LogP contribution in [0.25, 0.3) is 0 Å². The second kappa shape index (κ2) is 9.69. The molecule has 0 aliphatic carbocycles. The first-order valence-electron chi connectivity index (χ1n) is 10.6. The Kier molecular flexibility index (Phi) is 6.87. The van der Waals surface area contributed by atoms with Gasteiger partial charge < -0.3 is 14.8 Å². The minimum atomic E-state index is -1.42. The van der Waals surface area contributed by atoms with Gasteiger partial charge in [0, 0.05) is 30.4 Å². The highest BCUT2D eigenvalue weighted by molar-refractivity contribution is 7.11. The predicted molar refractivity (Wildman–Crippen MR) is 121 cm³/mol. The van der Waals surface area contributed by atoms with Gasteiger partial charge >= 0.3 is 5.97 Å². The van der Waals surface area contributed by atoms with E-state index in [2.05, 4.69) is 10.3 Å². The van der Waals surface area contributed by atoms with Crippen molar-refractivity contribution in [3.63, 3.8) is 0 Å². The molecule has 0 amide bonds. The number of carbonyl (C=O) groups is 2. The molecular weight excluding hydrogens is 466 g/mol. The number of esters is 1. The molecule has 8 nitrogen and oxygen atoms in total. The minimum absolute atomic E-state index is 0.0621. The average molecular weight is 491 g/mol. The number of methoxy groups -OCH3 is 1. The molecule has 1 aromatic carbocycles. The standard InChI is InChI=1S/C23H24F2N4O4S/c1-13(30)18-12-33-8-7-29(18)11-17-19(22(31)32-3)23(2,14-4-5-15(24)16(25)10-14)28-20(27-17)21-26-6-9-34-21/h4-6,9-10,18H,7-8,11-12H2,1-3H3,(H,27,28). The van der Waals surface area contributed by atoms with Crippen molar-refractivity contribution in [3.05, 3.63) is 63.3 Å². The first-order chi connectivity index (χ1) is 16.2. The van der Waals surface area contributed by atoms with Crippen molar-refractivity contribution in [1.29, 1.82) is 0 Å². The summed E-state index contributed by atoms with van der Waals surface area (Å²) in [5.74, 6) is -2.43. The Morgan fingerprint density at radius 2 is 2.15 bits per heavy atom. The molecule has 1 aromatic heterocycles. The largest absolute Gasteiger partial charge is 0.466 e. The number of hydrogen-bond acceptors (Lipinski definition) is 9. The van der Waals surface area contributed by atoms with Gasteiger partial charge in [-0.3, -0.25) is 9.69 Å². The van der Waals surface area contributed by atoms with Gasteiger partial charge in [-0.05, 0) is 31.5 Å². The Bertz CT molecular complexity index is 1170. The lowest BCUT2D eigenvalue weighted by Crippen LogP contribution is -2.52. The lowest BCUT2D eigenvalue weighted by Gasteiger charge is -2.39. The molecule has 0 radical (unpaired) electrons. The monoisotopic (exact) mass is 490 g/mol. The molecule has 0 spiro atoms. The molecule has 1 fully saturated rings. The third-order valence-electron chi connectivity index (χ3n) is 5.97. The van der Waals surface area contributed by atoms with Crippen LogP contribution < -0.4 is 5.32 Å². The zero-order valence-electron chi connectivity index (χ0n) is 18.9. The number of Topliss-reactive ketones (excluding diaryl/α,β-unsaturated/α-hetero) is 1. The summed E-state index contributed by atoms with van der Waals surface area (Å²) < 4.78 is 38.5. The van der Waals surface area contributed by atoms with Crippen LogP contribution in [-0.2, 0) is 24.6 Å². The van der Waals surface area contributed by atoms with Crippen molar-refractivity contribution in [3.8, 4) is 0 Å². The first-order valence-corrected chi connectivity index (χ1v) is 11.5. The summed E-state index contributed by atoms with van der Waals surface area (Å²) in [4.78, 5) is 36.3. The molecule has 180 valence electrons. The van der Waals surface area contributed by atoms with Crippen LogP contribution in [0.3, 0.4) is 0 Å². The van der Waals surface area contributed by atoms with Crippen molar-refractivity contribution < 1.29 is 27.8 Å². The van der Waals surface area contributed by atoms with Gasteiger partial charge in [0.15, 0.2) is 22.5 Å². The number of benzene rings is 1. The molecule has 2 atom stereocenters. The van der Waals surface area contributed by atoms with Crippen LogP contribution in [-0.4, -0.2) is 66.9 Å². The van der Waals surface area contributed by atoms with E-state index in [9.17, 15) is 18.4 Å². The summed E-state index contributed by atoms with van der Waals surface area (Å²) in [6.07, 6.45) is 1.62. The topological polar surface area (TPSA) is 93.1 Å². The van der Waals surface area contributed by atoms with Gasteiger partial charge in [-0.2, -0.15) is 0 Å². The Labute approximate surface area is 199 Å². The van der Waals surface area contributed by atoms with Gasteiger partial charge in [-0.15, -0.1) is 11.3 Å². The van der Waals surface area contributed by atoms with E-state index in [0.717, 1.165) is 12.1 Å². The minimum Gasteiger partial charge on any atom is -0.466 e. The Hall–Kier alpha value is -3.02. The number of ether oxygens (including phenoxy) is 2. The normalized spacial score (nSPS) is 23.3. The highest BCUT2D eigenvalue weighted by Gasteiger charge is 2.43. The fraction of sp³-hybridized carbons (Fsp3) is 0.391. The van der Waals surface area contributed by atoms with Gasteiger partial charge in [0.2, 0.25) is 0 Å². The van der Waals surface area contributed by atoms with Gasteiger partial charge in [-0.1, -0.05) is 6.07 Å². The lowest BCUT2D eigenvalue weighted by molar-refractivity contribution is -0.137. The molecule has 3 heterocycles. The van der Waals surface area contributed by atoms with E-state index in [1.54, 1.807) is 18.5 Å². The fourth-order valence-electron chi connectivity index (χ4n) is 4.20. The molecule has 1 saturated heterocycles. The van der Waals surface area contributed by atoms with Crippen molar-refractivity contribution >= 4 is 28.9 Å². The molecule has 4 rings (SSSR count). The van der Waals surface area contributed by atoms with E-state index in [1.165, 1.54) is 31.4 Å². The van der Waals surface area contributed by atoms with Gasteiger partial charge in [0.25, 0.3) is 0 Å². The predicted octanol–water partition coefficient (Wildman–Crippen LogP) is 2.40. The van der Waals surface area contributed by atoms with Gasteiger partial charge in [-0.25, -0.2) is 23.6 Å². The van der Waals surface area contributed by atoms with E-state index in [0.29, 0.717) is 29.7 Å². The van der Waals surface area contributed by atoms with E-state index in [1.807, 2.05) is 4.90 Å². The van der Waals surface area contributed by atoms with E-state index >= 15 is 0 Å². The number of carbonyl (C=O) groups excluding carboxylic acids is 2. The third-order valence-corrected chi connectivity index (χ3v) is 6.75. The van der Waals surface area contributed by atoms with Crippen LogP contribution >= 0.6 is 11.3 Å². The molecular formula is C23H24F2N4O4S. The number of aromatic nitrogens is 1. The summed E-state index contributed by atoms with van der Waals surface area (Å²) in [6, 6.07) is 2.93. The zero-order valence-corrected chi connectivity index (χ0v) is 19.7. The first kappa shape index (κ1) is 24.1. The van der Waals surface area contributed by atoms with Crippen molar-refractivity contribution in [1.82, 2.24) is 15.2 Å². The highest BCUT2D eigenvalue weighted by atomic mass is 32.1. The van der Waals surface area contributed by atoms with Crippen molar-refractivity contribution in [2.45, 2.75) is 25.4 Å². The molecule has 2 unspecified atom stereocenters. The number of nitrogens with zero attached hydrogens (tertiary/aromatic N) is 3. The van der Waals surface area contributed by atoms with Crippen LogP contribution in [0.2, 0.25) is 0 Å². The molecule has 2 aromatic rings. The van der Waals surface area contributed by atoms with Crippen molar-refractivity contribution in [2.75, 3.05) is 33.4 Å². The highest BCUT2D eigenvalue weighted by Crippen LogP contribution is 2.39. The summed E-state index contributed by atoms with van der Waals surface area (Å²) in [5, 5.41) is 5.53. The van der Waals surface area contributed by atoms with Gasteiger partial charge in [0.05, 0.1) is 31.9 Å². The molecule has 34 heavy (non-hydrogen) atoms. The molecule has 11 heteroatoms. The average Bonchev–Trinajstić information content (AvgIpc) is 3.35. The molecule has 0 bridgehead atoms. The number of aliphatic imine (C=N–C) groups is 1. The van der Waals surface area contributed by atoms with E-state index in [-0.39, 0.29) is 30.1 Å². The number of hydrogen-bond donors (Lipinski definition) is 1. The summed E-state index contributed by atoms with van der Waals surface area (Å²) >= 11 is 1.33. The smallest absolute Gasteiger partial charge is 0.338 e. The van der Waals surface area contributed by atoms with Crippen LogP contribution in [0, 0.1) is 11.6 Å². The summed E-state index contributed by atoms with van der Waals surface area (Å²) in [5.41, 5.74) is -0.575. The van der Waals surface area contributed by atoms with Crippen LogP contribution in [0.1, 0.15) is 24.4 Å². The second-order valence-electron chi connectivity index (χ2n) is 8.14. The van der Waals surface area contributed by atoms with Crippen LogP contribution in [0.15, 0.2) is 46.0 Å². The number of rotatable bonds is 6. The maximum atomic E-state index is 14.3. The Balaban J connectivity index is 1.88. The number of nitrogens with one attached hydrogen (secondary N) is 1. The van der Waals surface area contributed by atoms with E-state index in [4.69, 9.17) is 14.5 Å². The molecule has 0 saturated carbocycles. The summed E-state index contributed by atoms with van der Waals surface area (Å²) in [7, 11) is 1.24. The number of thiazole rings is 1. The summed E-state index contributed by atoms with van der Waals surface area (Å²) in [6.45, 7) is 4.45. The Morgan fingerprint density at radius 3 is 2.79 bits per heavy atom. The Morgan fingerprint density at radius 1 is 1.35 bits per heavy atom. The van der Waals surface area contributed by atoms with Crippen molar-refractivity contribution in [2.24, 2.45) is 4.99 Å². The van der Waals surface area contributed by atoms with Gasteiger partial charge in [0.1, 0.15) is 11.3 Å². The maximum Gasteiger partial charge on any atom is 0.338 e. The van der Waals surface area contributed by atoms with E-state index < -0.39 is 29.2 Å². The number of ketones is 1. The molecule has 2 aliphatic rings. The van der Waals surface area contributed by atoms with Crippen LogP contribution in [0.4, 0.5) is 8.78 Å². The zero-order chi connectivity index (χ0) is 24.5. The number of amidine groups is 1. The van der Waals surface area contributed by atoms with Crippen LogP contribution in [0.5, 0.6) is 0 Å². The lowest BCUT2D eigenvalue weighted by atomic mass is 9.82. The maximum absolute atomic E-state index is 14.3. The fourth-order valence-corrected chi connectivity index (χ4v) is 4.78. The molecule has 1 N–H and O–H groups in total. The SMILES string of the molecule is COC(=O)C1=C(CN2CCOCC2C(C)=O)NC(c2nccs2)=NC1(C)c1ccc(F)c(F)c1. The quantitative estimate of drug-likeness (QED) is 0.622. The number of morpholine rings is 1. The molecule has 2 aliphatic heterocycles. The number of halogens is 2. The third kappa shape index (κ3) is 4.50.